The van der Waals surface area contributed by atoms with Crippen molar-refractivity contribution in [1.82, 2.24) is 25.1 Å². The van der Waals surface area contributed by atoms with E-state index in [4.69, 9.17) is 0 Å². The van der Waals surface area contributed by atoms with Crippen LogP contribution in [-0.4, -0.2) is 42.8 Å². The molecule has 0 radical (unpaired) electrons. The first-order chi connectivity index (χ1) is 10.5. The molecule has 8 heteroatoms. The maximum Gasteiger partial charge on any atom is 0.326 e. The van der Waals surface area contributed by atoms with Gasteiger partial charge in [0.2, 0.25) is 0 Å². The molecular weight excluding hydrogens is 286 g/mol. The van der Waals surface area contributed by atoms with Gasteiger partial charge in [0.15, 0.2) is 5.82 Å². The monoisotopic (exact) mass is 303 g/mol. The predicted molar refractivity (Wildman–Crippen MR) is 77.5 cm³/mol. The molecule has 2 aromatic rings. The van der Waals surface area contributed by atoms with Crippen LogP contribution in [0.15, 0.2) is 31.0 Å². The van der Waals surface area contributed by atoms with Crippen LogP contribution >= 0.6 is 0 Å². The lowest BCUT2D eigenvalue weighted by Crippen LogP contribution is -2.41. The van der Waals surface area contributed by atoms with Gasteiger partial charge in [0.25, 0.3) is 5.91 Å². The van der Waals surface area contributed by atoms with Crippen LogP contribution < -0.4 is 5.32 Å². The summed E-state index contributed by atoms with van der Waals surface area (Å²) < 4.78 is 1.42. The minimum absolute atomic E-state index is 0.157. The van der Waals surface area contributed by atoms with Crippen molar-refractivity contribution in [3.8, 4) is 5.82 Å². The molecule has 0 saturated heterocycles. The van der Waals surface area contributed by atoms with Gasteiger partial charge in [-0.2, -0.15) is 5.10 Å². The van der Waals surface area contributed by atoms with Gasteiger partial charge in [0.05, 0.1) is 0 Å². The summed E-state index contributed by atoms with van der Waals surface area (Å²) in [6.45, 7) is 3.80. The zero-order chi connectivity index (χ0) is 16.1. The lowest BCUT2D eigenvalue weighted by molar-refractivity contribution is -0.139. The molecule has 0 aromatic carbocycles. The molecule has 0 saturated carbocycles. The van der Waals surface area contributed by atoms with Crippen LogP contribution in [0, 0.1) is 5.92 Å². The van der Waals surface area contributed by atoms with E-state index in [1.165, 1.54) is 35.7 Å². The number of aromatic nitrogens is 4. The molecule has 1 atom stereocenters. The number of pyridine rings is 1. The zero-order valence-corrected chi connectivity index (χ0v) is 12.3. The van der Waals surface area contributed by atoms with Crippen LogP contribution in [0.3, 0.4) is 0 Å². The van der Waals surface area contributed by atoms with Gasteiger partial charge in [-0.25, -0.2) is 19.4 Å². The van der Waals surface area contributed by atoms with Gasteiger partial charge in [0, 0.05) is 11.8 Å². The second-order valence-corrected chi connectivity index (χ2v) is 5.24. The van der Waals surface area contributed by atoms with Crippen molar-refractivity contribution in [3.05, 3.63) is 36.5 Å². The lowest BCUT2D eigenvalue weighted by Gasteiger charge is -2.16. The van der Waals surface area contributed by atoms with Crippen molar-refractivity contribution >= 4 is 11.9 Å². The van der Waals surface area contributed by atoms with Crippen LogP contribution in [0.25, 0.3) is 5.82 Å². The molecule has 1 amide bonds. The fraction of sp³-hybridized carbons (Fsp3) is 0.357. The second-order valence-electron chi connectivity index (χ2n) is 5.24. The highest BCUT2D eigenvalue weighted by atomic mass is 16.4. The Labute approximate surface area is 127 Å². The minimum atomic E-state index is -1.05. The average Bonchev–Trinajstić information content (AvgIpc) is 3.00. The van der Waals surface area contributed by atoms with Gasteiger partial charge in [-0.3, -0.25) is 4.79 Å². The van der Waals surface area contributed by atoms with E-state index in [-0.39, 0.29) is 5.92 Å². The fourth-order valence-electron chi connectivity index (χ4n) is 1.95. The Morgan fingerprint density at radius 1 is 1.41 bits per heavy atom. The maximum atomic E-state index is 12.2. The van der Waals surface area contributed by atoms with Gasteiger partial charge in [-0.1, -0.05) is 13.8 Å². The Balaban J connectivity index is 2.15. The number of rotatable bonds is 6. The van der Waals surface area contributed by atoms with Crippen LogP contribution in [0.2, 0.25) is 0 Å². The molecule has 0 spiro atoms. The van der Waals surface area contributed by atoms with Crippen molar-refractivity contribution < 1.29 is 14.7 Å². The molecule has 2 N–H and O–H groups in total. The Morgan fingerprint density at radius 3 is 2.77 bits per heavy atom. The summed E-state index contributed by atoms with van der Waals surface area (Å²) in [6, 6.07) is 2.12. The standard InChI is InChI=1S/C14H17N5O3/c1-9(2)5-11(14(21)22)18-13(20)10-3-4-16-12(6-10)19-8-15-7-17-19/h3-4,6-9,11H,5H2,1-2H3,(H,18,20)(H,21,22)/t11-/m1/s1. The van der Waals surface area contributed by atoms with Crippen molar-refractivity contribution in [1.29, 1.82) is 0 Å². The van der Waals surface area contributed by atoms with E-state index in [9.17, 15) is 14.7 Å². The smallest absolute Gasteiger partial charge is 0.326 e. The number of hydrogen-bond acceptors (Lipinski definition) is 5. The van der Waals surface area contributed by atoms with E-state index < -0.39 is 17.9 Å². The highest BCUT2D eigenvalue weighted by Gasteiger charge is 2.22. The van der Waals surface area contributed by atoms with Crippen LogP contribution in [0.4, 0.5) is 0 Å². The maximum absolute atomic E-state index is 12.2. The molecule has 0 aliphatic heterocycles. The quantitative estimate of drug-likeness (QED) is 0.820. The summed E-state index contributed by atoms with van der Waals surface area (Å²) in [4.78, 5) is 31.3. The van der Waals surface area contributed by atoms with Crippen molar-refractivity contribution in [2.45, 2.75) is 26.3 Å². The summed E-state index contributed by atoms with van der Waals surface area (Å²) >= 11 is 0. The average molecular weight is 303 g/mol. The van der Waals surface area contributed by atoms with Gasteiger partial charge >= 0.3 is 5.97 Å². The topological polar surface area (TPSA) is 110 Å². The first-order valence-electron chi connectivity index (χ1n) is 6.82. The summed E-state index contributed by atoms with van der Waals surface area (Å²) in [5, 5.41) is 15.6. The number of aliphatic carboxylic acids is 1. The number of hydrogen-bond donors (Lipinski definition) is 2. The molecule has 2 rings (SSSR count). The van der Waals surface area contributed by atoms with Gasteiger partial charge in [-0.15, -0.1) is 0 Å². The summed E-state index contributed by atoms with van der Waals surface area (Å²) in [5.41, 5.74) is 0.315. The van der Waals surface area contributed by atoms with Crippen LogP contribution in [0.1, 0.15) is 30.6 Å². The van der Waals surface area contributed by atoms with Crippen molar-refractivity contribution in [3.63, 3.8) is 0 Å². The van der Waals surface area contributed by atoms with E-state index in [1.54, 1.807) is 0 Å². The van der Waals surface area contributed by atoms with Gasteiger partial charge in [-0.05, 0) is 24.5 Å². The van der Waals surface area contributed by atoms with Crippen molar-refractivity contribution in [2.24, 2.45) is 5.92 Å². The number of carbonyl (C=O) groups is 2. The Bertz CT molecular complexity index is 654. The highest BCUT2D eigenvalue weighted by Crippen LogP contribution is 2.09. The first-order valence-corrected chi connectivity index (χ1v) is 6.82. The third-order valence-corrected chi connectivity index (χ3v) is 2.97. The van der Waals surface area contributed by atoms with Gasteiger partial charge in [0.1, 0.15) is 18.7 Å². The van der Waals surface area contributed by atoms with E-state index in [2.05, 4.69) is 20.4 Å². The molecule has 2 aromatic heterocycles. The molecule has 8 nitrogen and oxygen atoms in total. The largest absolute Gasteiger partial charge is 0.480 e. The molecule has 0 aliphatic carbocycles. The molecule has 0 aliphatic rings. The van der Waals surface area contributed by atoms with E-state index in [1.807, 2.05) is 13.8 Å². The Kier molecular flexibility index (Phi) is 4.82. The summed E-state index contributed by atoms with van der Waals surface area (Å²) in [6.07, 6.45) is 4.65. The molecule has 0 bridgehead atoms. The summed E-state index contributed by atoms with van der Waals surface area (Å²) in [7, 11) is 0. The minimum Gasteiger partial charge on any atom is -0.480 e. The lowest BCUT2D eigenvalue weighted by atomic mass is 10.0. The Morgan fingerprint density at radius 2 is 2.18 bits per heavy atom. The highest BCUT2D eigenvalue weighted by molar-refractivity contribution is 5.96. The van der Waals surface area contributed by atoms with Crippen LogP contribution in [0.5, 0.6) is 0 Å². The SMILES string of the molecule is CC(C)C[C@@H](NC(=O)c1ccnc(-n2cncn2)c1)C(=O)O. The predicted octanol–water partition coefficient (Wildman–Crippen LogP) is 0.891. The van der Waals surface area contributed by atoms with E-state index in [0.717, 1.165) is 0 Å². The number of carboxylic acid groups (broad SMARTS) is 1. The van der Waals surface area contributed by atoms with Gasteiger partial charge < -0.3 is 10.4 Å². The molecule has 22 heavy (non-hydrogen) atoms. The molecular formula is C14H17N5O3. The molecule has 0 fully saturated rings. The second kappa shape index (κ2) is 6.79. The van der Waals surface area contributed by atoms with E-state index in [0.29, 0.717) is 17.8 Å². The normalized spacial score (nSPS) is 12.1. The van der Waals surface area contributed by atoms with Crippen LogP contribution in [-0.2, 0) is 4.79 Å². The number of amides is 1. The number of nitrogens with one attached hydrogen (secondary N) is 1. The number of carbonyl (C=O) groups excluding carboxylic acids is 1. The van der Waals surface area contributed by atoms with Crippen molar-refractivity contribution in [2.75, 3.05) is 0 Å². The molecule has 2 heterocycles. The third-order valence-electron chi connectivity index (χ3n) is 2.97. The molecule has 0 unspecified atom stereocenters. The Hall–Kier alpha value is -2.77. The molecule has 116 valence electrons. The first kappa shape index (κ1) is 15.6. The fourth-order valence-corrected chi connectivity index (χ4v) is 1.95. The summed E-state index contributed by atoms with van der Waals surface area (Å²) in [5.74, 6) is -0.921. The number of carboxylic acids is 1. The van der Waals surface area contributed by atoms with E-state index >= 15 is 0 Å². The zero-order valence-electron chi connectivity index (χ0n) is 12.3. The number of nitrogens with zero attached hydrogens (tertiary/aromatic N) is 4. The third kappa shape index (κ3) is 3.87.